The van der Waals surface area contributed by atoms with Gasteiger partial charge in [-0.3, -0.25) is 4.79 Å². The highest BCUT2D eigenvalue weighted by molar-refractivity contribution is 5.30. The van der Waals surface area contributed by atoms with E-state index in [0.717, 1.165) is 6.92 Å². The maximum atomic E-state index is 12.3. The monoisotopic (exact) mass is 243 g/mol. The molecular formula is C8H6F5NO2. The summed E-state index contributed by atoms with van der Waals surface area (Å²) in [6.07, 6.45) is -7.67. The molecule has 0 saturated heterocycles. The Hall–Kier alpha value is -1.60. The number of nitrogens with one attached hydrogen (secondary N) is 1. The third-order valence-corrected chi connectivity index (χ3v) is 1.74. The second-order valence-electron chi connectivity index (χ2n) is 2.87. The number of H-pyrrole nitrogens is 1. The van der Waals surface area contributed by atoms with Crippen LogP contribution in [0.4, 0.5) is 22.0 Å². The maximum Gasteiger partial charge on any atom is 0.573 e. The zero-order valence-corrected chi connectivity index (χ0v) is 7.86. The normalized spacial score (nSPS) is 11.9. The summed E-state index contributed by atoms with van der Waals surface area (Å²) >= 11 is 0. The van der Waals surface area contributed by atoms with E-state index in [9.17, 15) is 26.7 Å². The summed E-state index contributed by atoms with van der Waals surface area (Å²) in [4.78, 5) is 13.3. The van der Waals surface area contributed by atoms with Gasteiger partial charge in [-0.25, -0.2) is 8.78 Å². The number of aromatic nitrogens is 1. The first kappa shape index (κ1) is 12.5. The van der Waals surface area contributed by atoms with Gasteiger partial charge in [0.05, 0.1) is 5.56 Å². The van der Waals surface area contributed by atoms with Gasteiger partial charge in [-0.15, -0.1) is 13.2 Å². The molecule has 1 heterocycles. The second-order valence-corrected chi connectivity index (χ2v) is 2.87. The van der Waals surface area contributed by atoms with Crippen LogP contribution in [0.3, 0.4) is 0 Å². The van der Waals surface area contributed by atoms with Crippen molar-refractivity contribution in [3.8, 4) is 5.75 Å². The van der Waals surface area contributed by atoms with E-state index in [4.69, 9.17) is 0 Å². The van der Waals surface area contributed by atoms with E-state index in [1.807, 2.05) is 0 Å². The van der Waals surface area contributed by atoms with Crippen LogP contribution in [-0.2, 0) is 0 Å². The van der Waals surface area contributed by atoms with Crippen molar-refractivity contribution < 1.29 is 26.7 Å². The fourth-order valence-corrected chi connectivity index (χ4v) is 1.08. The molecule has 0 aromatic carbocycles. The SMILES string of the molecule is Cc1[nH]cc(OC(F)(F)F)c(=O)c1C(F)F. The number of hydrogen-bond donors (Lipinski definition) is 1. The van der Waals surface area contributed by atoms with Crippen LogP contribution in [0.5, 0.6) is 5.75 Å². The third kappa shape index (κ3) is 2.71. The highest BCUT2D eigenvalue weighted by Crippen LogP contribution is 2.23. The van der Waals surface area contributed by atoms with Crippen molar-refractivity contribution in [2.75, 3.05) is 0 Å². The molecule has 0 atom stereocenters. The number of halogens is 5. The Morgan fingerprint density at radius 3 is 2.38 bits per heavy atom. The van der Waals surface area contributed by atoms with Crippen LogP contribution < -0.4 is 10.2 Å². The van der Waals surface area contributed by atoms with Crippen molar-refractivity contribution in [3.05, 3.63) is 27.7 Å². The standard InChI is InChI=1S/C8H6F5NO2/c1-3-5(7(9)10)6(15)4(2-14-3)16-8(11,12)13/h2,7H,1H3,(H,14,15). The molecular weight excluding hydrogens is 237 g/mol. The molecule has 1 aromatic heterocycles. The number of hydrogen-bond acceptors (Lipinski definition) is 2. The molecule has 1 aromatic rings. The number of pyridine rings is 1. The van der Waals surface area contributed by atoms with Crippen LogP contribution in [0.15, 0.2) is 11.0 Å². The van der Waals surface area contributed by atoms with Gasteiger partial charge in [0, 0.05) is 11.9 Å². The fraction of sp³-hybridized carbons (Fsp3) is 0.375. The molecule has 16 heavy (non-hydrogen) atoms. The third-order valence-electron chi connectivity index (χ3n) is 1.74. The van der Waals surface area contributed by atoms with Gasteiger partial charge < -0.3 is 9.72 Å². The summed E-state index contributed by atoms with van der Waals surface area (Å²) in [7, 11) is 0. The molecule has 0 amide bonds. The van der Waals surface area contributed by atoms with Gasteiger partial charge >= 0.3 is 6.36 Å². The molecule has 0 bridgehead atoms. The van der Waals surface area contributed by atoms with Gasteiger partial charge in [0.1, 0.15) is 0 Å². The molecule has 0 radical (unpaired) electrons. The molecule has 0 saturated carbocycles. The zero-order valence-electron chi connectivity index (χ0n) is 7.86. The molecule has 3 nitrogen and oxygen atoms in total. The Kier molecular flexibility index (Phi) is 3.20. The lowest BCUT2D eigenvalue weighted by Crippen LogP contribution is -2.24. The largest absolute Gasteiger partial charge is 0.573 e. The molecule has 0 spiro atoms. The highest BCUT2D eigenvalue weighted by Gasteiger charge is 2.33. The Labute approximate surface area is 85.8 Å². The molecule has 0 aliphatic heterocycles. The van der Waals surface area contributed by atoms with Crippen LogP contribution in [0.2, 0.25) is 0 Å². The van der Waals surface area contributed by atoms with E-state index in [1.165, 1.54) is 0 Å². The van der Waals surface area contributed by atoms with Crippen LogP contribution in [-0.4, -0.2) is 11.3 Å². The molecule has 90 valence electrons. The lowest BCUT2D eigenvalue weighted by atomic mass is 10.2. The summed E-state index contributed by atoms with van der Waals surface area (Å²) < 4.78 is 63.4. The van der Waals surface area contributed by atoms with E-state index in [-0.39, 0.29) is 5.69 Å². The van der Waals surface area contributed by atoms with Crippen LogP contribution in [0.1, 0.15) is 17.7 Å². The number of rotatable bonds is 2. The van der Waals surface area contributed by atoms with Crippen LogP contribution in [0, 0.1) is 6.92 Å². The Morgan fingerprint density at radius 2 is 1.94 bits per heavy atom. The second kappa shape index (κ2) is 4.11. The van der Waals surface area contributed by atoms with E-state index in [2.05, 4.69) is 9.72 Å². The smallest absolute Gasteiger partial charge is 0.400 e. The van der Waals surface area contributed by atoms with Gasteiger partial charge in [-0.05, 0) is 6.92 Å². The van der Waals surface area contributed by atoms with Gasteiger partial charge in [0.2, 0.25) is 5.43 Å². The average molecular weight is 243 g/mol. The fourth-order valence-electron chi connectivity index (χ4n) is 1.08. The first-order chi connectivity index (χ1) is 7.22. The zero-order chi connectivity index (χ0) is 12.5. The van der Waals surface area contributed by atoms with E-state index < -0.39 is 29.5 Å². The van der Waals surface area contributed by atoms with Crippen molar-refractivity contribution in [1.29, 1.82) is 0 Å². The van der Waals surface area contributed by atoms with Crippen LogP contribution in [0.25, 0.3) is 0 Å². The van der Waals surface area contributed by atoms with Gasteiger partial charge in [-0.2, -0.15) is 0 Å². The lowest BCUT2D eigenvalue weighted by Gasteiger charge is -2.10. The van der Waals surface area contributed by atoms with E-state index >= 15 is 0 Å². The van der Waals surface area contributed by atoms with Crippen molar-refractivity contribution >= 4 is 0 Å². The van der Waals surface area contributed by atoms with E-state index in [1.54, 1.807) is 0 Å². The highest BCUT2D eigenvalue weighted by atomic mass is 19.4. The van der Waals surface area contributed by atoms with Gasteiger partial charge in [-0.1, -0.05) is 0 Å². The van der Waals surface area contributed by atoms with Crippen LogP contribution >= 0.6 is 0 Å². The maximum absolute atomic E-state index is 12.3. The number of aromatic amines is 1. The van der Waals surface area contributed by atoms with E-state index in [0.29, 0.717) is 6.20 Å². The minimum Gasteiger partial charge on any atom is -0.400 e. The van der Waals surface area contributed by atoms with Crippen molar-refractivity contribution in [2.45, 2.75) is 19.7 Å². The van der Waals surface area contributed by atoms with Crippen molar-refractivity contribution in [2.24, 2.45) is 0 Å². The summed E-state index contributed by atoms with van der Waals surface area (Å²) in [5, 5.41) is 0. The topological polar surface area (TPSA) is 42.1 Å². The first-order valence-electron chi connectivity index (χ1n) is 3.98. The molecule has 0 aliphatic rings. The molecule has 0 aliphatic carbocycles. The number of ether oxygens (including phenoxy) is 1. The number of alkyl halides is 5. The Morgan fingerprint density at radius 1 is 1.38 bits per heavy atom. The molecule has 8 heteroatoms. The van der Waals surface area contributed by atoms with Crippen molar-refractivity contribution in [1.82, 2.24) is 4.98 Å². The quantitative estimate of drug-likeness (QED) is 0.811. The minimum atomic E-state index is -5.10. The predicted molar refractivity (Wildman–Crippen MR) is 43.4 cm³/mol. The van der Waals surface area contributed by atoms with Gasteiger partial charge in [0.15, 0.2) is 5.75 Å². The summed E-state index contributed by atoms with van der Waals surface area (Å²) in [5.41, 5.74) is -2.69. The molecule has 0 unspecified atom stereocenters. The lowest BCUT2D eigenvalue weighted by molar-refractivity contribution is -0.275. The number of aryl methyl sites for hydroxylation is 1. The molecule has 0 fully saturated rings. The van der Waals surface area contributed by atoms with Gasteiger partial charge in [0.25, 0.3) is 6.43 Å². The Bertz CT molecular complexity index is 437. The average Bonchev–Trinajstić information content (AvgIpc) is 2.07. The summed E-state index contributed by atoms with van der Waals surface area (Å²) in [5.74, 6) is -1.20. The molecule has 1 N–H and O–H groups in total. The molecule has 1 rings (SSSR count). The predicted octanol–water partition coefficient (Wildman–Crippen LogP) is 2.52. The van der Waals surface area contributed by atoms with Crippen molar-refractivity contribution in [3.63, 3.8) is 0 Å². The summed E-state index contributed by atoms with van der Waals surface area (Å²) in [6.45, 7) is 1.15. The Balaban J connectivity index is 3.25. The summed E-state index contributed by atoms with van der Waals surface area (Å²) in [6, 6.07) is 0. The minimum absolute atomic E-state index is 0.200. The first-order valence-corrected chi connectivity index (χ1v) is 3.98.